The van der Waals surface area contributed by atoms with Crippen molar-refractivity contribution in [3.63, 3.8) is 0 Å². The Morgan fingerprint density at radius 2 is 1.93 bits per heavy atom. The quantitative estimate of drug-likeness (QED) is 0.604. The molecule has 0 bridgehead atoms. The van der Waals surface area contributed by atoms with Gasteiger partial charge in [0.15, 0.2) is 5.78 Å². The monoisotopic (exact) mass is 406 g/mol. The molecule has 2 atom stereocenters. The molecule has 6 heteroatoms. The van der Waals surface area contributed by atoms with Gasteiger partial charge in [0.1, 0.15) is 5.75 Å². The summed E-state index contributed by atoms with van der Waals surface area (Å²) in [4.78, 5) is 13.4. The Kier molecular flexibility index (Phi) is 4.21. The lowest BCUT2D eigenvalue weighted by atomic mass is 9.72. The Morgan fingerprint density at radius 3 is 2.69 bits per heavy atom. The second-order valence-corrected chi connectivity index (χ2v) is 8.07. The highest BCUT2D eigenvalue weighted by molar-refractivity contribution is 6.30. The number of carbonyl (C=O) groups excluding carboxylic acids is 1. The van der Waals surface area contributed by atoms with Crippen molar-refractivity contribution >= 4 is 23.3 Å². The summed E-state index contributed by atoms with van der Waals surface area (Å²) in [6, 6.07) is 14.7. The van der Waals surface area contributed by atoms with E-state index < -0.39 is 0 Å². The van der Waals surface area contributed by atoms with Crippen LogP contribution in [-0.4, -0.2) is 16.0 Å². The number of hydrogen-bond donors (Lipinski definition) is 2. The summed E-state index contributed by atoms with van der Waals surface area (Å²) in [5.41, 5.74) is 5.12. The summed E-state index contributed by atoms with van der Waals surface area (Å²) in [6.07, 6.45) is 1.12. The average molecular weight is 407 g/mol. The Hall–Kier alpha value is -3.05. The zero-order valence-electron chi connectivity index (χ0n) is 15.8. The van der Waals surface area contributed by atoms with Gasteiger partial charge < -0.3 is 14.9 Å². The number of rotatable bonds is 2. The molecule has 2 N–H and O–H groups in total. The van der Waals surface area contributed by atoms with E-state index in [9.17, 15) is 9.90 Å². The standard InChI is InChI=1S/C23H19ClN2O3/c1-12-20-21(14-3-2-4-17(27)9-14)22-18(25-23(20)29-26-12)10-15(11-19(22)28)13-5-7-16(24)8-6-13/h2-9,15,21,25,27H,10-11H2,1H3. The zero-order chi connectivity index (χ0) is 20.1. The van der Waals surface area contributed by atoms with Crippen molar-refractivity contribution < 1.29 is 14.4 Å². The van der Waals surface area contributed by atoms with Gasteiger partial charge in [0, 0.05) is 28.6 Å². The molecule has 0 saturated heterocycles. The minimum atomic E-state index is -0.307. The van der Waals surface area contributed by atoms with Crippen LogP contribution < -0.4 is 5.32 Å². The highest BCUT2D eigenvalue weighted by Crippen LogP contribution is 2.49. The number of fused-ring (bicyclic) bond motifs is 1. The SMILES string of the molecule is Cc1noc2c1C(c1cccc(O)c1)C1=C(CC(c3ccc(Cl)cc3)CC1=O)N2. The lowest BCUT2D eigenvalue weighted by Gasteiger charge is -2.34. The largest absolute Gasteiger partial charge is 0.508 e. The molecule has 0 radical (unpaired) electrons. The first-order chi connectivity index (χ1) is 14.0. The van der Waals surface area contributed by atoms with Gasteiger partial charge in [0.2, 0.25) is 5.88 Å². The maximum atomic E-state index is 13.4. The molecule has 1 aromatic heterocycles. The number of phenols is 1. The summed E-state index contributed by atoms with van der Waals surface area (Å²) in [6.45, 7) is 1.87. The van der Waals surface area contributed by atoms with Gasteiger partial charge in [-0.2, -0.15) is 0 Å². The van der Waals surface area contributed by atoms with Crippen molar-refractivity contribution in [1.82, 2.24) is 5.16 Å². The number of carbonyl (C=O) groups is 1. The molecule has 0 spiro atoms. The van der Waals surface area contributed by atoms with Crippen LogP contribution in [0.2, 0.25) is 5.02 Å². The van der Waals surface area contributed by atoms with Crippen molar-refractivity contribution in [3.05, 3.63) is 87.2 Å². The highest BCUT2D eigenvalue weighted by atomic mass is 35.5. The summed E-state index contributed by atoms with van der Waals surface area (Å²) >= 11 is 6.02. The van der Waals surface area contributed by atoms with E-state index in [2.05, 4.69) is 10.5 Å². The number of hydrogen-bond acceptors (Lipinski definition) is 5. The van der Waals surface area contributed by atoms with Crippen molar-refractivity contribution in [2.45, 2.75) is 31.6 Å². The van der Waals surface area contributed by atoms with Crippen LogP contribution in [0.5, 0.6) is 5.75 Å². The molecule has 0 fully saturated rings. The van der Waals surface area contributed by atoms with Gasteiger partial charge in [-0.3, -0.25) is 4.79 Å². The maximum Gasteiger partial charge on any atom is 0.233 e. The number of aromatic nitrogens is 1. The van der Waals surface area contributed by atoms with Gasteiger partial charge in [-0.1, -0.05) is 41.0 Å². The molecular weight excluding hydrogens is 388 g/mol. The first-order valence-electron chi connectivity index (χ1n) is 9.55. The molecule has 0 amide bonds. The van der Waals surface area contributed by atoms with E-state index in [1.165, 1.54) is 0 Å². The molecular formula is C23H19ClN2O3. The van der Waals surface area contributed by atoms with Gasteiger partial charge in [-0.05, 0) is 54.7 Å². The highest BCUT2D eigenvalue weighted by Gasteiger charge is 2.41. The third-order valence-corrected chi connectivity index (χ3v) is 6.05. The van der Waals surface area contributed by atoms with Crippen LogP contribution in [0, 0.1) is 6.92 Å². The Labute approximate surface area is 173 Å². The van der Waals surface area contributed by atoms with Gasteiger partial charge in [-0.25, -0.2) is 0 Å². The number of allylic oxidation sites excluding steroid dienone is 2. The predicted molar refractivity (Wildman–Crippen MR) is 110 cm³/mol. The molecule has 1 aliphatic heterocycles. The van der Waals surface area contributed by atoms with E-state index in [0.717, 1.165) is 33.7 Å². The summed E-state index contributed by atoms with van der Waals surface area (Å²) in [7, 11) is 0. The second kappa shape index (κ2) is 6.78. The van der Waals surface area contributed by atoms with Gasteiger partial charge in [0.25, 0.3) is 0 Å². The van der Waals surface area contributed by atoms with Crippen molar-refractivity contribution in [3.8, 4) is 5.75 Å². The van der Waals surface area contributed by atoms with Crippen molar-refractivity contribution in [2.24, 2.45) is 0 Å². The Balaban J connectivity index is 1.62. The number of nitrogens with one attached hydrogen (secondary N) is 1. The number of anilines is 1. The molecule has 5 nitrogen and oxygen atoms in total. The molecule has 2 aliphatic rings. The number of nitrogens with zero attached hydrogens (tertiary/aromatic N) is 1. The number of aryl methyl sites for hydroxylation is 1. The average Bonchev–Trinajstić information content (AvgIpc) is 3.07. The summed E-state index contributed by atoms with van der Waals surface area (Å²) < 4.78 is 5.52. The fourth-order valence-corrected chi connectivity index (χ4v) is 4.61. The zero-order valence-corrected chi connectivity index (χ0v) is 16.5. The fourth-order valence-electron chi connectivity index (χ4n) is 4.48. The van der Waals surface area contributed by atoms with Crippen LogP contribution in [-0.2, 0) is 4.79 Å². The van der Waals surface area contributed by atoms with E-state index in [-0.39, 0.29) is 23.4 Å². The molecule has 1 aliphatic carbocycles. The number of ketones is 1. The van der Waals surface area contributed by atoms with Gasteiger partial charge >= 0.3 is 0 Å². The van der Waals surface area contributed by atoms with E-state index in [4.69, 9.17) is 16.1 Å². The molecule has 29 heavy (non-hydrogen) atoms. The molecule has 2 heterocycles. The lowest BCUT2D eigenvalue weighted by Crippen LogP contribution is -2.29. The van der Waals surface area contributed by atoms with E-state index in [1.807, 2.05) is 37.3 Å². The summed E-state index contributed by atoms with van der Waals surface area (Å²) in [5.74, 6) is 0.596. The van der Waals surface area contributed by atoms with Crippen LogP contribution in [0.1, 0.15) is 47.1 Å². The molecule has 146 valence electrons. The van der Waals surface area contributed by atoms with E-state index in [0.29, 0.717) is 23.7 Å². The first-order valence-corrected chi connectivity index (χ1v) is 9.93. The minimum Gasteiger partial charge on any atom is -0.508 e. The van der Waals surface area contributed by atoms with Crippen LogP contribution in [0.15, 0.2) is 64.3 Å². The normalized spacial score (nSPS) is 20.8. The number of halogens is 1. The third-order valence-electron chi connectivity index (χ3n) is 5.80. The summed E-state index contributed by atoms with van der Waals surface area (Å²) in [5, 5.41) is 18.1. The van der Waals surface area contributed by atoms with E-state index >= 15 is 0 Å². The van der Waals surface area contributed by atoms with Crippen LogP contribution >= 0.6 is 11.6 Å². The predicted octanol–water partition coefficient (Wildman–Crippen LogP) is 5.30. The van der Waals surface area contributed by atoms with Gasteiger partial charge in [-0.15, -0.1) is 0 Å². The third kappa shape index (κ3) is 3.02. The number of phenolic OH excluding ortho intramolecular Hbond substituents is 1. The molecule has 2 aromatic carbocycles. The van der Waals surface area contributed by atoms with Crippen LogP contribution in [0.4, 0.5) is 5.88 Å². The number of benzene rings is 2. The van der Waals surface area contributed by atoms with Crippen LogP contribution in [0.25, 0.3) is 0 Å². The van der Waals surface area contributed by atoms with Gasteiger partial charge in [0.05, 0.1) is 11.3 Å². The number of Topliss-reactive ketones (excluding diaryl/α,β-unsaturated/α-hetero) is 1. The minimum absolute atomic E-state index is 0.0708. The molecule has 3 aromatic rings. The number of aromatic hydroxyl groups is 1. The van der Waals surface area contributed by atoms with Crippen molar-refractivity contribution in [1.29, 1.82) is 0 Å². The fraction of sp³-hybridized carbons (Fsp3) is 0.217. The Bertz CT molecular complexity index is 1150. The van der Waals surface area contributed by atoms with Crippen molar-refractivity contribution in [2.75, 3.05) is 5.32 Å². The second-order valence-electron chi connectivity index (χ2n) is 7.64. The lowest BCUT2D eigenvalue weighted by molar-refractivity contribution is -0.116. The molecule has 0 saturated carbocycles. The smallest absolute Gasteiger partial charge is 0.233 e. The molecule has 5 rings (SSSR count). The maximum absolute atomic E-state index is 13.4. The van der Waals surface area contributed by atoms with E-state index in [1.54, 1.807) is 18.2 Å². The first kappa shape index (κ1) is 18.0. The Morgan fingerprint density at radius 1 is 1.14 bits per heavy atom. The molecule has 2 unspecified atom stereocenters. The topological polar surface area (TPSA) is 75.4 Å². The van der Waals surface area contributed by atoms with Crippen LogP contribution in [0.3, 0.4) is 0 Å².